The summed E-state index contributed by atoms with van der Waals surface area (Å²) in [6.07, 6.45) is 0.810. The van der Waals surface area contributed by atoms with E-state index >= 15 is 0 Å². The second-order valence-electron chi connectivity index (χ2n) is 5.09. The van der Waals surface area contributed by atoms with Crippen LogP contribution < -0.4 is 4.74 Å². The van der Waals surface area contributed by atoms with Crippen molar-refractivity contribution in [2.75, 3.05) is 5.75 Å². The van der Waals surface area contributed by atoms with Gasteiger partial charge in [0.05, 0.1) is 0 Å². The van der Waals surface area contributed by atoms with E-state index in [1.807, 2.05) is 24.3 Å². The van der Waals surface area contributed by atoms with Gasteiger partial charge in [0.15, 0.2) is 5.78 Å². The first-order valence-corrected chi connectivity index (χ1v) is 7.79. The number of carbonyl (C=O) groups excluding carboxylic acids is 1. The molecule has 0 saturated carbocycles. The fraction of sp³-hybridized carbons (Fsp3) is 0.235. The van der Waals surface area contributed by atoms with Gasteiger partial charge >= 0.3 is 0 Å². The number of halogens is 1. The smallest absolute Gasteiger partial charge is 0.159 e. The average molecular weight is 302 g/mol. The highest BCUT2D eigenvalue weighted by molar-refractivity contribution is 7.99. The largest absolute Gasteiger partial charge is 0.489 e. The van der Waals surface area contributed by atoms with Crippen molar-refractivity contribution in [2.45, 2.75) is 24.3 Å². The van der Waals surface area contributed by atoms with Crippen LogP contribution in [0.4, 0.5) is 4.39 Å². The van der Waals surface area contributed by atoms with Gasteiger partial charge in [0.1, 0.15) is 17.7 Å². The van der Waals surface area contributed by atoms with Crippen molar-refractivity contribution in [1.29, 1.82) is 0 Å². The summed E-state index contributed by atoms with van der Waals surface area (Å²) in [6.45, 7) is 1.56. The number of hydrogen-bond acceptors (Lipinski definition) is 3. The summed E-state index contributed by atoms with van der Waals surface area (Å²) < 4.78 is 19.0. The van der Waals surface area contributed by atoms with Crippen molar-refractivity contribution >= 4 is 17.5 Å². The summed E-state index contributed by atoms with van der Waals surface area (Å²) in [5, 5.41) is 0. The molecule has 0 fully saturated rings. The van der Waals surface area contributed by atoms with Crippen LogP contribution in [0.1, 0.15) is 22.8 Å². The molecule has 3 rings (SSSR count). The Morgan fingerprint density at radius 3 is 2.76 bits per heavy atom. The van der Waals surface area contributed by atoms with Crippen LogP contribution in [0.5, 0.6) is 5.75 Å². The van der Waals surface area contributed by atoms with Crippen LogP contribution in [0.2, 0.25) is 0 Å². The minimum atomic E-state index is -0.217. The van der Waals surface area contributed by atoms with Crippen molar-refractivity contribution in [3.63, 3.8) is 0 Å². The molecular formula is C17H15FO2S. The Morgan fingerprint density at radius 2 is 2.05 bits per heavy atom. The number of ether oxygens (including phenoxy) is 1. The molecule has 0 radical (unpaired) electrons. The number of rotatable bonds is 4. The van der Waals surface area contributed by atoms with Crippen LogP contribution in [0.15, 0.2) is 47.4 Å². The molecule has 1 aliphatic heterocycles. The van der Waals surface area contributed by atoms with E-state index in [0.717, 1.165) is 33.9 Å². The van der Waals surface area contributed by atoms with Crippen LogP contribution in [-0.2, 0) is 6.42 Å². The molecule has 0 spiro atoms. The third-order valence-electron chi connectivity index (χ3n) is 3.46. The zero-order valence-corrected chi connectivity index (χ0v) is 12.5. The van der Waals surface area contributed by atoms with E-state index in [2.05, 4.69) is 0 Å². The lowest BCUT2D eigenvalue weighted by atomic mass is 10.1. The molecule has 0 amide bonds. The maximum atomic E-state index is 13.2. The topological polar surface area (TPSA) is 26.3 Å². The summed E-state index contributed by atoms with van der Waals surface area (Å²) >= 11 is 1.68. The second kappa shape index (κ2) is 5.90. The lowest BCUT2D eigenvalue weighted by Gasteiger charge is -2.10. The molecule has 1 heterocycles. The summed E-state index contributed by atoms with van der Waals surface area (Å²) in [5.41, 5.74) is 1.66. The van der Waals surface area contributed by atoms with Crippen molar-refractivity contribution in [3.8, 4) is 5.75 Å². The normalized spacial score (nSPS) is 16.4. The quantitative estimate of drug-likeness (QED) is 0.627. The van der Waals surface area contributed by atoms with Gasteiger partial charge in [0.25, 0.3) is 0 Å². The van der Waals surface area contributed by atoms with E-state index in [0.29, 0.717) is 0 Å². The predicted molar refractivity (Wildman–Crippen MR) is 81.7 cm³/mol. The number of carbonyl (C=O) groups is 1. The van der Waals surface area contributed by atoms with E-state index in [1.165, 1.54) is 6.07 Å². The molecule has 1 atom stereocenters. The van der Waals surface area contributed by atoms with Crippen molar-refractivity contribution in [1.82, 2.24) is 0 Å². The fourth-order valence-corrected chi connectivity index (χ4v) is 3.25. The van der Waals surface area contributed by atoms with Crippen LogP contribution in [0, 0.1) is 5.82 Å². The summed E-state index contributed by atoms with van der Waals surface area (Å²) in [6, 6.07) is 12.2. The number of fused-ring (bicyclic) bond motifs is 1. The molecule has 21 heavy (non-hydrogen) atoms. The Hall–Kier alpha value is -1.81. The maximum absolute atomic E-state index is 13.2. The Labute approximate surface area is 127 Å². The number of thioether (sulfide) groups is 1. The molecular weight excluding hydrogens is 287 g/mol. The van der Waals surface area contributed by atoms with E-state index in [-0.39, 0.29) is 17.7 Å². The summed E-state index contributed by atoms with van der Waals surface area (Å²) in [5.74, 6) is 1.44. The van der Waals surface area contributed by atoms with E-state index in [9.17, 15) is 9.18 Å². The Kier molecular flexibility index (Phi) is 3.97. The molecule has 1 unspecified atom stereocenters. The molecule has 2 aromatic carbocycles. The molecule has 0 bridgehead atoms. The lowest BCUT2D eigenvalue weighted by Crippen LogP contribution is -2.15. The number of Topliss-reactive ketones (excluding diaryl/α,β-unsaturated/α-hetero) is 1. The zero-order valence-electron chi connectivity index (χ0n) is 11.6. The van der Waals surface area contributed by atoms with Crippen LogP contribution >= 0.6 is 11.8 Å². The Bertz CT molecular complexity index is 667. The molecule has 4 heteroatoms. The van der Waals surface area contributed by atoms with Gasteiger partial charge in [0, 0.05) is 28.2 Å². The molecule has 108 valence electrons. The number of hydrogen-bond donors (Lipinski definition) is 0. The van der Waals surface area contributed by atoms with E-state index in [4.69, 9.17) is 4.74 Å². The zero-order chi connectivity index (χ0) is 14.8. The van der Waals surface area contributed by atoms with Gasteiger partial charge in [-0.05, 0) is 37.3 Å². The highest BCUT2D eigenvalue weighted by Gasteiger charge is 2.23. The van der Waals surface area contributed by atoms with Crippen molar-refractivity contribution < 1.29 is 13.9 Å². The first-order chi connectivity index (χ1) is 10.1. The minimum absolute atomic E-state index is 0.0688. The third-order valence-corrected chi connectivity index (χ3v) is 4.60. The maximum Gasteiger partial charge on any atom is 0.159 e. The fourth-order valence-electron chi connectivity index (χ4n) is 2.36. The van der Waals surface area contributed by atoms with E-state index in [1.54, 1.807) is 30.8 Å². The van der Waals surface area contributed by atoms with Gasteiger partial charge in [-0.1, -0.05) is 12.1 Å². The van der Waals surface area contributed by atoms with Crippen molar-refractivity contribution in [2.24, 2.45) is 0 Å². The summed E-state index contributed by atoms with van der Waals surface area (Å²) in [7, 11) is 0. The van der Waals surface area contributed by atoms with Gasteiger partial charge < -0.3 is 4.74 Å². The van der Waals surface area contributed by atoms with Crippen LogP contribution in [0.25, 0.3) is 0 Å². The highest BCUT2D eigenvalue weighted by atomic mass is 32.2. The molecule has 2 aromatic rings. The van der Waals surface area contributed by atoms with Gasteiger partial charge in [-0.15, -0.1) is 11.8 Å². The SMILES string of the molecule is CC(=O)c1ccc(SCC2Cc3cc(F)ccc3O2)cc1. The van der Waals surface area contributed by atoms with E-state index < -0.39 is 0 Å². The van der Waals surface area contributed by atoms with Gasteiger partial charge in [-0.25, -0.2) is 4.39 Å². The molecule has 0 saturated heterocycles. The Balaban J connectivity index is 1.58. The third kappa shape index (κ3) is 3.27. The first kappa shape index (κ1) is 14.1. The Morgan fingerprint density at radius 1 is 1.29 bits per heavy atom. The standard InChI is InChI=1S/C17H15FO2S/c1-11(19)12-2-5-16(6-3-12)21-10-15-9-13-8-14(18)4-7-17(13)20-15/h2-8,15H,9-10H2,1H3. The average Bonchev–Trinajstić information content (AvgIpc) is 2.87. The van der Waals surface area contributed by atoms with Gasteiger partial charge in [-0.2, -0.15) is 0 Å². The molecule has 2 nitrogen and oxygen atoms in total. The van der Waals surface area contributed by atoms with Gasteiger partial charge in [-0.3, -0.25) is 4.79 Å². The summed E-state index contributed by atoms with van der Waals surface area (Å²) in [4.78, 5) is 12.3. The number of ketones is 1. The highest BCUT2D eigenvalue weighted by Crippen LogP contribution is 2.32. The lowest BCUT2D eigenvalue weighted by molar-refractivity contribution is 0.101. The van der Waals surface area contributed by atoms with Gasteiger partial charge in [0.2, 0.25) is 0 Å². The first-order valence-electron chi connectivity index (χ1n) is 6.81. The number of benzene rings is 2. The van der Waals surface area contributed by atoms with Crippen LogP contribution in [0.3, 0.4) is 0 Å². The molecule has 1 aliphatic rings. The molecule has 0 aliphatic carbocycles. The monoisotopic (exact) mass is 302 g/mol. The predicted octanol–water partition coefficient (Wildman–Crippen LogP) is 4.12. The second-order valence-corrected chi connectivity index (χ2v) is 6.18. The van der Waals surface area contributed by atoms with Crippen LogP contribution in [-0.4, -0.2) is 17.6 Å². The molecule has 0 N–H and O–H groups in total. The van der Waals surface area contributed by atoms with Crippen molar-refractivity contribution in [3.05, 3.63) is 59.4 Å². The molecule has 0 aromatic heterocycles. The minimum Gasteiger partial charge on any atom is -0.489 e.